The van der Waals surface area contributed by atoms with Crippen molar-refractivity contribution in [2.24, 2.45) is 0 Å². The van der Waals surface area contributed by atoms with Gasteiger partial charge in [0.15, 0.2) is 4.96 Å². The Morgan fingerprint density at radius 1 is 1.00 bits per heavy atom. The Kier molecular flexibility index (Phi) is 2.94. The molecule has 108 valence electrons. The highest BCUT2D eigenvalue weighted by molar-refractivity contribution is 7.15. The van der Waals surface area contributed by atoms with Crippen molar-refractivity contribution < 1.29 is 0 Å². The van der Waals surface area contributed by atoms with Crippen LogP contribution < -0.4 is 5.73 Å². The van der Waals surface area contributed by atoms with E-state index in [0.717, 1.165) is 27.5 Å². The molecule has 4 rings (SSSR count). The van der Waals surface area contributed by atoms with Gasteiger partial charge in [0.1, 0.15) is 11.5 Å². The van der Waals surface area contributed by atoms with Gasteiger partial charge in [0, 0.05) is 28.9 Å². The molecule has 0 spiro atoms. The average Bonchev–Trinajstić information content (AvgIpc) is 3.10. The van der Waals surface area contributed by atoms with E-state index in [9.17, 15) is 0 Å². The summed E-state index contributed by atoms with van der Waals surface area (Å²) in [4.78, 5) is 9.67. The van der Waals surface area contributed by atoms with E-state index in [2.05, 4.69) is 41.6 Å². The summed E-state index contributed by atoms with van der Waals surface area (Å²) >= 11 is 1.59. The summed E-state index contributed by atoms with van der Waals surface area (Å²) in [6.07, 6.45) is 3.57. The fourth-order valence-corrected chi connectivity index (χ4v) is 3.43. The molecule has 0 aliphatic carbocycles. The number of hydrogen-bond donors (Lipinski definition) is 1. The number of nitrogen functional groups attached to an aromatic ring is 1. The minimum Gasteiger partial charge on any atom is -0.383 e. The summed E-state index contributed by atoms with van der Waals surface area (Å²) in [5.74, 6) is 0.673. The molecule has 3 heterocycles. The number of pyridine rings is 1. The van der Waals surface area contributed by atoms with Gasteiger partial charge >= 0.3 is 0 Å². The standard InChI is InChI=1S/C17H14N4S/c1-11-2-4-13(5-3-11)15-16(18)21-14(10-22-17(21)20-15)12-6-8-19-9-7-12/h2-10H,18H2,1H3. The summed E-state index contributed by atoms with van der Waals surface area (Å²) in [6.45, 7) is 2.07. The van der Waals surface area contributed by atoms with Gasteiger partial charge in [-0.15, -0.1) is 11.3 Å². The first-order valence-electron chi connectivity index (χ1n) is 6.97. The number of rotatable bonds is 2. The highest BCUT2D eigenvalue weighted by atomic mass is 32.1. The van der Waals surface area contributed by atoms with Crippen LogP contribution in [0.4, 0.5) is 5.82 Å². The molecule has 0 saturated heterocycles. The zero-order chi connectivity index (χ0) is 15.1. The monoisotopic (exact) mass is 306 g/mol. The van der Waals surface area contributed by atoms with Gasteiger partial charge in [-0.3, -0.25) is 9.38 Å². The Morgan fingerprint density at radius 2 is 1.73 bits per heavy atom. The molecule has 22 heavy (non-hydrogen) atoms. The third-order valence-corrected chi connectivity index (χ3v) is 4.53. The molecule has 0 unspecified atom stereocenters. The van der Waals surface area contributed by atoms with E-state index in [1.807, 2.05) is 16.5 Å². The molecule has 0 fully saturated rings. The van der Waals surface area contributed by atoms with Crippen molar-refractivity contribution >= 4 is 22.1 Å². The summed E-state index contributed by atoms with van der Waals surface area (Å²) in [7, 11) is 0. The number of thiazole rings is 1. The predicted molar refractivity (Wildman–Crippen MR) is 90.9 cm³/mol. The Balaban J connectivity index is 1.92. The highest BCUT2D eigenvalue weighted by Gasteiger charge is 2.16. The van der Waals surface area contributed by atoms with Crippen molar-refractivity contribution in [2.75, 3.05) is 5.73 Å². The van der Waals surface area contributed by atoms with Gasteiger partial charge in [0.05, 0.1) is 5.69 Å². The third-order valence-electron chi connectivity index (χ3n) is 3.70. The molecule has 0 aliphatic rings. The van der Waals surface area contributed by atoms with Gasteiger partial charge in [-0.2, -0.15) is 0 Å². The number of hydrogen-bond acceptors (Lipinski definition) is 4. The summed E-state index contributed by atoms with van der Waals surface area (Å²) < 4.78 is 2.01. The zero-order valence-electron chi connectivity index (χ0n) is 12.0. The number of nitrogens with zero attached hydrogens (tertiary/aromatic N) is 3. The van der Waals surface area contributed by atoms with E-state index < -0.39 is 0 Å². The van der Waals surface area contributed by atoms with Crippen molar-refractivity contribution in [1.82, 2.24) is 14.4 Å². The van der Waals surface area contributed by atoms with Crippen LogP contribution in [0.25, 0.3) is 27.5 Å². The van der Waals surface area contributed by atoms with Crippen LogP contribution in [0.2, 0.25) is 0 Å². The summed E-state index contributed by atoms with van der Waals surface area (Å²) in [6, 6.07) is 12.2. The second-order valence-corrected chi connectivity index (χ2v) is 6.02. The van der Waals surface area contributed by atoms with Crippen LogP contribution in [0.15, 0.2) is 54.2 Å². The van der Waals surface area contributed by atoms with E-state index >= 15 is 0 Å². The van der Waals surface area contributed by atoms with Crippen LogP contribution in [0.3, 0.4) is 0 Å². The largest absolute Gasteiger partial charge is 0.383 e. The van der Waals surface area contributed by atoms with Gasteiger partial charge in [-0.05, 0) is 19.1 Å². The number of nitrogens with two attached hydrogens (primary N) is 1. The van der Waals surface area contributed by atoms with E-state index in [1.54, 1.807) is 23.7 Å². The average molecular weight is 306 g/mol. The number of aryl methyl sites for hydroxylation is 1. The zero-order valence-corrected chi connectivity index (χ0v) is 12.8. The van der Waals surface area contributed by atoms with Crippen LogP contribution in [0.5, 0.6) is 0 Å². The molecule has 0 aliphatic heterocycles. The van der Waals surface area contributed by atoms with Crippen LogP contribution in [0.1, 0.15) is 5.56 Å². The molecular weight excluding hydrogens is 292 g/mol. The molecule has 0 amide bonds. The Bertz CT molecular complexity index is 936. The number of fused-ring (bicyclic) bond motifs is 1. The fourth-order valence-electron chi connectivity index (χ4n) is 2.53. The molecule has 4 aromatic rings. The lowest BCUT2D eigenvalue weighted by atomic mass is 10.1. The van der Waals surface area contributed by atoms with Crippen LogP contribution in [0, 0.1) is 6.92 Å². The fraction of sp³-hybridized carbons (Fsp3) is 0.0588. The normalized spacial score (nSPS) is 11.1. The maximum Gasteiger partial charge on any atom is 0.196 e. The lowest BCUT2D eigenvalue weighted by Gasteiger charge is -2.03. The van der Waals surface area contributed by atoms with E-state index in [0.29, 0.717) is 5.82 Å². The molecule has 5 heteroatoms. The van der Waals surface area contributed by atoms with Gasteiger partial charge in [-0.25, -0.2) is 4.98 Å². The number of benzene rings is 1. The maximum atomic E-state index is 6.38. The smallest absolute Gasteiger partial charge is 0.196 e. The Hall–Kier alpha value is -2.66. The SMILES string of the molecule is Cc1ccc(-c2nc3scc(-c4ccncc4)n3c2N)cc1. The van der Waals surface area contributed by atoms with Crippen molar-refractivity contribution in [1.29, 1.82) is 0 Å². The lowest BCUT2D eigenvalue weighted by molar-refractivity contribution is 1.23. The minimum absolute atomic E-state index is 0.673. The highest BCUT2D eigenvalue weighted by Crippen LogP contribution is 2.34. The first-order valence-corrected chi connectivity index (χ1v) is 7.85. The molecule has 0 radical (unpaired) electrons. The second-order valence-electron chi connectivity index (χ2n) is 5.19. The quantitative estimate of drug-likeness (QED) is 0.608. The predicted octanol–water partition coefficient (Wildman–Crippen LogP) is 4.02. The van der Waals surface area contributed by atoms with Crippen LogP contribution in [-0.4, -0.2) is 14.4 Å². The topological polar surface area (TPSA) is 56.2 Å². The Labute approximate surface area is 131 Å². The third kappa shape index (κ3) is 1.98. The van der Waals surface area contributed by atoms with Crippen molar-refractivity contribution in [2.45, 2.75) is 6.92 Å². The van der Waals surface area contributed by atoms with E-state index in [-0.39, 0.29) is 0 Å². The van der Waals surface area contributed by atoms with E-state index in [4.69, 9.17) is 10.7 Å². The number of anilines is 1. The van der Waals surface area contributed by atoms with Crippen molar-refractivity contribution in [3.05, 3.63) is 59.7 Å². The number of aromatic nitrogens is 3. The molecule has 0 atom stereocenters. The molecule has 0 saturated carbocycles. The molecule has 2 N–H and O–H groups in total. The first kappa shape index (κ1) is 13.0. The summed E-state index contributed by atoms with van der Waals surface area (Å²) in [5.41, 5.74) is 11.6. The summed E-state index contributed by atoms with van der Waals surface area (Å²) in [5, 5.41) is 2.08. The maximum absolute atomic E-state index is 6.38. The molecular formula is C17H14N4S. The van der Waals surface area contributed by atoms with Gasteiger partial charge in [0.2, 0.25) is 0 Å². The Morgan fingerprint density at radius 3 is 2.45 bits per heavy atom. The first-order chi connectivity index (χ1) is 10.7. The molecule has 0 bridgehead atoms. The van der Waals surface area contributed by atoms with E-state index in [1.165, 1.54) is 5.56 Å². The molecule has 3 aromatic heterocycles. The van der Waals surface area contributed by atoms with Crippen LogP contribution >= 0.6 is 11.3 Å². The lowest BCUT2D eigenvalue weighted by Crippen LogP contribution is -1.95. The second kappa shape index (κ2) is 4.96. The van der Waals surface area contributed by atoms with Gasteiger partial charge < -0.3 is 5.73 Å². The van der Waals surface area contributed by atoms with Crippen LogP contribution in [-0.2, 0) is 0 Å². The van der Waals surface area contributed by atoms with Crippen molar-refractivity contribution in [3.8, 4) is 22.5 Å². The minimum atomic E-state index is 0.673. The van der Waals surface area contributed by atoms with Gasteiger partial charge in [-0.1, -0.05) is 29.8 Å². The number of imidazole rings is 1. The van der Waals surface area contributed by atoms with Crippen molar-refractivity contribution in [3.63, 3.8) is 0 Å². The van der Waals surface area contributed by atoms with Gasteiger partial charge in [0.25, 0.3) is 0 Å². The molecule has 1 aromatic carbocycles. The molecule has 4 nitrogen and oxygen atoms in total.